The Morgan fingerprint density at radius 2 is 2.53 bits per heavy atom. The summed E-state index contributed by atoms with van der Waals surface area (Å²) >= 11 is 0. The minimum absolute atomic E-state index is 0.602. The summed E-state index contributed by atoms with van der Waals surface area (Å²) in [6.45, 7) is 8.85. The fourth-order valence-corrected chi connectivity index (χ4v) is 2.38. The van der Waals surface area contributed by atoms with Crippen LogP contribution < -0.4 is 5.32 Å². The Morgan fingerprint density at radius 3 is 3.24 bits per heavy atom. The minimum atomic E-state index is 0.602. The summed E-state index contributed by atoms with van der Waals surface area (Å²) in [6, 6.07) is 2.56. The lowest BCUT2D eigenvalue weighted by atomic mass is 9.99. The number of aromatic nitrogens is 1. The summed E-state index contributed by atoms with van der Waals surface area (Å²) in [5, 5.41) is 7.42. The predicted molar refractivity (Wildman–Crippen MR) is 67.6 cm³/mol. The molecule has 0 bridgehead atoms. The molecule has 0 saturated carbocycles. The summed E-state index contributed by atoms with van der Waals surface area (Å²) < 4.78 is 5.19. The molecule has 0 amide bonds. The van der Waals surface area contributed by atoms with E-state index in [4.69, 9.17) is 4.52 Å². The van der Waals surface area contributed by atoms with Crippen LogP contribution in [0.25, 0.3) is 0 Å². The van der Waals surface area contributed by atoms with Gasteiger partial charge in [-0.25, -0.2) is 0 Å². The van der Waals surface area contributed by atoms with Crippen LogP contribution >= 0.6 is 0 Å². The molecule has 2 rings (SSSR count). The van der Waals surface area contributed by atoms with Crippen molar-refractivity contribution in [2.24, 2.45) is 5.92 Å². The van der Waals surface area contributed by atoms with Crippen molar-refractivity contribution in [3.63, 3.8) is 0 Å². The summed E-state index contributed by atoms with van der Waals surface area (Å²) in [6.07, 6.45) is 4.16. The highest BCUT2D eigenvalue weighted by Crippen LogP contribution is 2.14. The standard InChI is InChI=1S/C13H23N3O/c1-3-11(2)13-10-16(8-4-6-14-13)9-12-5-7-15-17-12/h5,7,11,13-14H,3-4,6,8-10H2,1-2H3. The van der Waals surface area contributed by atoms with Crippen LogP contribution in [0.5, 0.6) is 0 Å². The Morgan fingerprint density at radius 1 is 1.65 bits per heavy atom. The third-order valence-electron chi connectivity index (χ3n) is 3.71. The highest BCUT2D eigenvalue weighted by molar-refractivity contribution is 4.93. The number of nitrogens with zero attached hydrogens (tertiary/aromatic N) is 2. The predicted octanol–water partition coefficient (Wildman–Crippen LogP) is 1.88. The maximum Gasteiger partial charge on any atom is 0.150 e. The highest BCUT2D eigenvalue weighted by Gasteiger charge is 2.22. The van der Waals surface area contributed by atoms with Crippen molar-refractivity contribution < 1.29 is 4.52 Å². The molecule has 1 fully saturated rings. The minimum Gasteiger partial charge on any atom is -0.360 e. The number of hydrogen-bond donors (Lipinski definition) is 1. The van der Waals surface area contributed by atoms with Gasteiger partial charge in [0.25, 0.3) is 0 Å². The smallest absolute Gasteiger partial charge is 0.150 e. The van der Waals surface area contributed by atoms with Gasteiger partial charge in [0.05, 0.1) is 12.7 Å². The average Bonchev–Trinajstić information content (AvgIpc) is 2.73. The van der Waals surface area contributed by atoms with Gasteiger partial charge in [0.2, 0.25) is 0 Å². The van der Waals surface area contributed by atoms with Crippen molar-refractivity contribution in [2.45, 2.75) is 39.3 Å². The Bertz CT molecular complexity index is 312. The lowest BCUT2D eigenvalue weighted by Crippen LogP contribution is -2.41. The molecule has 4 nitrogen and oxygen atoms in total. The zero-order valence-electron chi connectivity index (χ0n) is 10.9. The molecule has 0 radical (unpaired) electrons. The quantitative estimate of drug-likeness (QED) is 0.868. The van der Waals surface area contributed by atoms with Crippen molar-refractivity contribution in [3.8, 4) is 0 Å². The van der Waals surface area contributed by atoms with E-state index in [0.717, 1.165) is 37.9 Å². The number of hydrogen-bond acceptors (Lipinski definition) is 4. The highest BCUT2D eigenvalue weighted by atomic mass is 16.5. The van der Waals surface area contributed by atoms with Gasteiger partial charge in [-0.2, -0.15) is 0 Å². The van der Waals surface area contributed by atoms with Gasteiger partial charge in [0.1, 0.15) is 0 Å². The van der Waals surface area contributed by atoms with E-state index in [2.05, 4.69) is 29.2 Å². The van der Waals surface area contributed by atoms with Crippen molar-refractivity contribution >= 4 is 0 Å². The van der Waals surface area contributed by atoms with Crippen molar-refractivity contribution in [2.75, 3.05) is 19.6 Å². The molecule has 96 valence electrons. The van der Waals surface area contributed by atoms with Crippen molar-refractivity contribution in [1.29, 1.82) is 0 Å². The monoisotopic (exact) mass is 237 g/mol. The van der Waals surface area contributed by atoms with E-state index in [-0.39, 0.29) is 0 Å². The molecular weight excluding hydrogens is 214 g/mol. The Kier molecular flexibility index (Phi) is 4.57. The van der Waals surface area contributed by atoms with Gasteiger partial charge in [-0.15, -0.1) is 0 Å². The summed E-state index contributed by atoms with van der Waals surface area (Å²) in [4.78, 5) is 2.47. The molecular formula is C13H23N3O. The van der Waals surface area contributed by atoms with Gasteiger partial charge in [-0.1, -0.05) is 25.4 Å². The first-order chi connectivity index (χ1) is 8.29. The van der Waals surface area contributed by atoms with Gasteiger partial charge in [0.15, 0.2) is 5.76 Å². The molecule has 1 saturated heterocycles. The molecule has 0 spiro atoms. The maximum atomic E-state index is 5.19. The fourth-order valence-electron chi connectivity index (χ4n) is 2.38. The third kappa shape index (κ3) is 3.54. The molecule has 2 heterocycles. The van der Waals surface area contributed by atoms with E-state index in [9.17, 15) is 0 Å². The van der Waals surface area contributed by atoms with Gasteiger partial charge in [0, 0.05) is 18.7 Å². The average molecular weight is 237 g/mol. The molecule has 0 aliphatic carbocycles. The van der Waals surface area contributed by atoms with Crippen LogP contribution in [0.4, 0.5) is 0 Å². The zero-order valence-corrected chi connectivity index (χ0v) is 10.9. The molecule has 2 unspecified atom stereocenters. The van der Waals surface area contributed by atoms with Crippen LogP contribution in [0, 0.1) is 5.92 Å². The molecule has 4 heteroatoms. The summed E-state index contributed by atoms with van der Waals surface area (Å²) in [5.41, 5.74) is 0. The van der Waals surface area contributed by atoms with Crippen LogP contribution in [0.3, 0.4) is 0 Å². The molecule has 0 aromatic carbocycles. The summed E-state index contributed by atoms with van der Waals surface area (Å²) in [5.74, 6) is 1.69. The maximum absolute atomic E-state index is 5.19. The van der Waals surface area contributed by atoms with Crippen LogP contribution in [-0.4, -0.2) is 35.7 Å². The van der Waals surface area contributed by atoms with Gasteiger partial charge < -0.3 is 9.84 Å². The second kappa shape index (κ2) is 6.17. The third-order valence-corrected chi connectivity index (χ3v) is 3.71. The first-order valence-corrected chi connectivity index (χ1v) is 6.65. The van der Waals surface area contributed by atoms with E-state index in [0.29, 0.717) is 6.04 Å². The second-order valence-corrected chi connectivity index (χ2v) is 5.01. The molecule has 1 aromatic heterocycles. The molecule has 1 N–H and O–H groups in total. The number of nitrogens with one attached hydrogen (secondary N) is 1. The topological polar surface area (TPSA) is 41.3 Å². The first-order valence-electron chi connectivity index (χ1n) is 6.65. The SMILES string of the molecule is CCC(C)C1CN(Cc2ccno2)CCCN1. The van der Waals surface area contributed by atoms with Crippen LogP contribution in [0.1, 0.15) is 32.4 Å². The molecule has 2 atom stereocenters. The number of rotatable bonds is 4. The molecule has 1 aliphatic rings. The van der Waals surface area contributed by atoms with Gasteiger partial charge in [-0.3, -0.25) is 4.90 Å². The van der Waals surface area contributed by atoms with Gasteiger partial charge in [-0.05, 0) is 25.4 Å². The van der Waals surface area contributed by atoms with Crippen LogP contribution in [-0.2, 0) is 6.54 Å². The lowest BCUT2D eigenvalue weighted by molar-refractivity contribution is 0.208. The molecule has 1 aliphatic heterocycles. The lowest BCUT2D eigenvalue weighted by Gasteiger charge is -2.27. The summed E-state index contributed by atoms with van der Waals surface area (Å²) in [7, 11) is 0. The van der Waals surface area contributed by atoms with Gasteiger partial charge >= 0.3 is 0 Å². The van der Waals surface area contributed by atoms with Crippen LogP contribution in [0.15, 0.2) is 16.8 Å². The van der Waals surface area contributed by atoms with Crippen LogP contribution in [0.2, 0.25) is 0 Å². The van der Waals surface area contributed by atoms with E-state index >= 15 is 0 Å². The Labute approximate surface area is 103 Å². The van der Waals surface area contributed by atoms with E-state index in [1.807, 2.05) is 6.07 Å². The van der Waals surface area contributed by atoms with E-state index < -0.39 is 0 Å². The Hall–Kier alpha value is -0.870. The molecule has 1 aromatic rings. The zero-order chi connectivity index (χ0) is 12.1. The largest absolute Gasteiger partial charge is 0.360 e. The van der Waals surface area contributed by atoms with E-state index in [1.165, 1.54) is 12.8 Å². The second-order valence-electron chi connectivity index (χ2n) is 5.01. The van der Waals surface area contributed by atoms with Crippen molar-refractivity contribution in [1.82, 2.24) is 15.4 Å². The Balaban J connectivity index is 1.92. The fraction of sp³-hybridized carbons (Fsp3) is 0.769. The van der Waals surface area contributed by atoms with Crippen molar-refractivity contribution in [3.05, 3.63) is 18.0 Å². The normalized spacial score (nSPS) is 24.5. The van der Waals surface area contributed by atoms with E-state index in [1.54, 1.807) is 6.20 Å². The first kappa shape index (κ1) is 12.6. The molecule has 17 heavy (non-hydrogen) atoms.